The number of halogens is 11. The largest absolute Gasteiger partial charge is 0.534 e. The number of ether oxygens (including phenoxy) is 3. The maximum absolute atomic E-state index is 13.8. The molecule has 6 aliphatic carbocycles. The molecule has 6 aliphatic rings. The summed E-state index contributed by atoms with van der Waals surface area (Å²) in [5.41, 5.74) is -4.79. The number of nitrogens with zero attached hydrogens (tertiary/aromatic N) is 7. The number of allylic oxidation sites excluding steroid dienone is 4. The van der Waals surface area contributed by atoms with Crippen molar-refractivity contribution in [2.45, 2.75) is 226 Å². The van der Waals surface area contributed by atoms with Crippen LogP contribution in [0.25, 0.3) is 5.57 Å². The van der Waals surface area contributed by atoms with Crippen LogP contribution in [0.1, 0.15) is 217 Å². The van der Waals surface area contributed by atoms with Crippen LogP contribution >= 0.6 is 0 Å². The van der Waals surface area contributed by atoms with Crippen LogP contribution in [0.3, 0.4) is 0 Å². The summed E-state index contributed by atoms with van der Waals surface area (Å²) < 4.78 is 229. The van der Waals surface area contributed by atoms with Crippen LogP contribution in [-0.4, -0.2) is 133 Å². The Morgan fingerprint density at radius 2 is 0.904 bits per heavy atom. The minimum Gasteiger partial charge on any atom is -0.461 e. The number of fused-ring (bicyclic) bond motifs is 3. The molecule has 3 N–H and O–H groups in total. The van der Waals surface area contributed by atoms with Gasteiger partial charge in [0.25, 0.3) is 0 Å². The average Bonchev–Trinajstić information content (AvgIpc) is 1.17. The summed E-state index contributed by atoms with van der Waals surface area (Å²) in [7, 11) is -18.2. The molecule has 3 aromatic heterocycles. The number of ketones is 1. The molecule has 3 aromatic carbocycles. The maximum Gasteiger partial charge on any atom is 0.534 e. The number of rotatable bonds is 22. The van der Waals surface area contributed by atoms with Gasteiger partial charge in [0.2, 0.25) is 0 Å². The molecule has 627 valence electrons. The summed E-state index contributed by atoms with van der Waals surface area (Å²) in [6, 6.07) is 10.3. The normalized spacial score (nSPS) is 16.9. The highest BCUT2D eigenvalue weighted by molar-refractivity contribution is 8.11. The first kappa shape index (κ1) is 92.7. The molecule has 0 aliphatic heterocycles. The highest BCUT2D eigenvalue weighted by Gasteiger charge is 2.62. The van der Waals surface area contributed by atoms with Gasteiger partial charge in [0.15, 0.2) is 17.1 Å². The zero-order valence-electron chi connectivity index (χ0n) is 64.1. The van der Waals surface area contributed by atoms with Gasteiger partial charge in [-0.3, -0.25) is 18.8 Å². The smallest absolute Gasteiger partial charge is 0.461 e. The van der Waals surface area contributed by atoms with E-state index < -0.39 is 62.1 Å². The molecule has 3 heterocycles. The Labute approximate surface area is 655 Å². The van der Waals surface area contributed by atoms with Crippen molar-refractivity contribution >= 4 is 78.1 Å². The van der Waals surface area contributed by atoms with E-state index in [1.165, 1.54) is 34.7 Å². The SMILES string of the molecule is CCOC(=O)c1nn(CCC2CC=C(OS(=O)(=O)C(F)(F)F)CC2)c2c1CCC2.CCOC(=O)c1nn(CCC2CC=C(c3ccc(F)c(C)c3C)CC2)c2c1CCC2.CCOC(=O)c1nn(CCC2CCC(=O)CC2)c2c1CCC2.Cc1c(F)ccc([B]O)c1C.O.O=S(=O)(N(c1ccccc1)S(=O)(=O)C(F)(F)F)C(F)(F)F. The monoisotopic (exact) mass is 1680 g/mol. The minimum absolute atomic E-state index is 0. The summed E-state index contributed by atoms with van der Waals surface area (Å²) in [4.78, 5) is 47.7. The number of aryl methyl sites for hydroxylation is 3. The Morgan fingerprint density at radius 3 is 1.28 bits per heavy atom. The highest BCUT2D eigenvalue weighted by atomic mass is 32.3. The Morgan fingerprint density at radius 1 is 0.509 bits per heavy atom. The number of carbonyl (C=O) groups is 4. The Kier molecular flexibility index (Phi) is 32.4. The standard InChI is InChI=1S/C25H31FN2O2.C18H23F3N2O5S.C17H24N2O3.C8H9BFO.C8H5F6NO4S2.H2O/c1-4-30-25(29)24-21-6-5-7-23(21)28(27-24)15-14-18-8-10-19(11-9-18)20-12-13-22(26)17(3)16(20)2;1-2-27-17(24)16-14-4-3-5-15(14)23(22-16)11-10-12-6-8-13(9-7-12)28-29(25,26)18(19,20)21;1-2-22-17(21)16-14-4-3-5-15(14)19(18-16)11-10-12-6-8-13(20)9-7-12;1-5-6(2)8(10)4-3-7(5)9-11;9-7(10,11)20(16,17)15(6-4-2-1-3-5-6)21(18,19)8(12,13)14;/h10,12-13,18H,4-9,11,14-15H2,1-3H3;8,12H,2-7,9-11H2,1H3;12H,2-11H2,1H3;3-4,11H,1-2H3;1-5H;1H2. The average molecular weight is 1680 g/mol. The van der Waals surface area contributed by atoms with E-state index in [0.29, 0.717) is 96.9 Å². The molecular weight excluding hydrogens is 1580 g/mol. The number of para-hydroxylation sites is 1. The number of carbonyl (C=O) groups excluding carboxylic acids is 4. The van der Waals surface area contributed by atoms with Crippen molar-refractivity contribution in [3.8, 4) is 0 Å². The molecule has 1 fully saturated rings. The molecule has 38 heteroatoms. The van der Waals surface area contributed by atoms with Gasteiger partial charge in [-0.15, -0.1) is 3.71 Å². The summed E-state index contributed by atoms with van der Waals surface area (Å²) >= 11 is 0. The third-order valence-corrected chi connectivity index (χ3v) is 25.4. The van der Waals surface area contributed by atoms with Crippen LogP contribution in [0.4, 0.5) is 54.0 Å². The molecule has 0 spiro atoms. The van der Waals surface area contributed by atoms with E-state index in [-0.39, 0.29) is 53.8 Å². The van der Waals surface area contributed by atoms with Gasteiger partial charge in [0, 0.05) is 72.7 Å². The van der Waals surface area contributed by atoms with Crippen LogP contribution in [-0.2, 0) is 112 Å². The highest BCUT2D eigenvalue weighted by Crippen LogP contribution is 2.41. The van der Waals surface area contributed by atoms with E-state index in [9.17, 15) is 92.7 Å². The molecule has 114 heavy (non-hydrogen) atoms. The number of Topliss-reactive ketones (excluding diaryl/α,β-unsaturated/α-hetero) is 1. The van der Waals surface area contributed by atoms with Gasteiger partial charge in [-0.1, -0.05) is 41.9 Å². The van der Waals surface area contributed by atoms with Gasteiger partial charge < -0.3 is 28.9 Å². The first-order valence-electron chi connectivity index (χ1n) is 37.3. The number of hydrogen-bond acceptors (Lipinski definition) is 18. The van der Waals surface area contributed by atoms with Gasteiger partial charge in [-0.05, 0) is 252 Å². The predicted octanol–water partition coefficient (Wildman–Crippen LogP) is 13.8. The van der Waals surface area contributed by atoms with Gasteiger partial charge in [-0.25, -0.2) is 23.2 Å². The molecule has 2 unspecified atom stereocenters. The van der Waals surface area contributed by atoms with Gasteiger partial charge in [-0.2, -0.15) is 80.1 Å². The third-order valence-electron chi connectivity index (χ3n) is 20.8. The fourth-order valence-electron chi connectivity index (χ4n) is 14.4. The van der Waals surface area contributed by atoms with Crippen molar-refractivity contribution < 1.29 is 122 Å². The Balaban J connectivity index is 0.000000203. The van der Waals surface area contributed by atoms with Crippen LogP contribution in [0.15, 0.2) is 72.5 Å². The van der Waals surface area contributed by atoms with Crippen LogP contribution in [0.2, 0.25) is 0 Å². The zero-order valence-corrected chi connectivity index (χ0v) is 66.6. The molecule has 1 saturated carbocycles. The molecule has 2 atom stereocenters. The lowest BCUT2D eigenvalue weighted by molar-refractivity contribution is -0.121. The van der Waals surface area contributed by atoms with Crippen LogP contribution < -0.4 is 9.17 Å². The number of anilines is 1. The van der Waals surface area contributed by atoms with Crippen molar-refractivity contribution in [1.82, 2.24) is 29.3 Å². The first-order valence-corrected chi connectivity index (χ1v) is 41.6. The Hall–Kier alpha value is -8.49. The topological polar surface area (TPSA) is 316 Å². The molecule has 0 amide bonds. The van der Waals surface area contributed by atoms with Crippen molar-refractivity contribution in [3.05, 3.63) is 163 Å². The number of hydrogen-bond donors (Lipinski definition) is 1. The lowest BCUT2D eigenvalue weighted by Crippen LogP contribution is -2.49. The van der Waals surface area contributed by atoms with Crippen LogP contribution in [0, 0.1) is 57.1 Å². The molecule has 0 bridgehead atoms. The molecule has 6 aromatic rings. The summed E-state index contributed by atoms with van der Waals surface area (Å²) in [6.45, 7) is 16.1. The second-order valence-corrected chi connectivity index (χ2v) is 33.3. The summed E-state index contributed by atoms with van der Waals surface area (Å²) in [5, 5.41) is 22.3. The van der Waals surface area contributed by atoms with E-state index in [1.807, 2.05) is 43.1 Å². The second-order valence-electron chi connectivity index (χ2n) is 28.0. The maximum atomic E-state index is 13.8. The lowest BCUT2D eigenvalue weighted by Gasteiger charge is -2.25. The van der Waals surface area contributed by atoms with E-state index in [2.05, 4.69) is 30.2 Å². The molecule has 0 saturated heterocycles. The first-order chi connectivity index (χ1) is 53.2. The van der Waals surface area contributed by atoms with Crippen molar-refractivity contribution in [3.63, 3.8) is 0 Å². The predicted molar refractivity (Wildman–Crippen MR) is 400 cm³/mol. The van der Waals surface area contributed by atoms with Crippen molar-refractivity contribution in [2.24, 2.45) is 17.8 Å². The van der Waals surface area contributed by atoms with Gasteiger partial charge in [0.1, 0.15) is 23.2 Å². The number of esters is 3. The molecule has 1 radical (unpaired) electrons. The van der Waals surface area contributed by atoms with E-state index in [4.69, 9.17) is 19.2 Å². The van der Waals surface area contributed by atoms with E-state index >= 15 is 0 Å². The van der Waals surface area contributed by atoms with E-state index in [1.54, 1.807) is 32.9 Å². The fraction of sp³-hybridized carbons (Fsp3) is 0.539. The zero-order chi connectivity index (χ0) is 83.1. The summed E-state index contributed by atoms with van der Waals surface area (Å²) in [6.07, 6.45) is 23.0. The number of alkyl halides is 9. The molecule has 23 nitrogen and oxygen atoms in total. The molecular formula is C76H94BF11N7O16S3. The number of benzene rings is 3. The van der Waals surface area contributed by atoms with Crippen molar-refractivity contribution in [2.75, 3.05) is 23.5 Å². The lowest BCUT2D eigenvalue weighted by atomic mass is 9.83. The van der Waals surface area contributed by atoms with Crippen molar-refractivity contribution in [1.29, 1.82) is 0 Å². The quantitative estimate of drug-likeness (QED) is 0.0165. The van der Waals surface area contributed by atoms with Crippen LogP contribution in [0.5, 0.6) is 0 Å². The van der Waals surface area contributed by atoms with Gasteiger partial charge >= 0.3 is 72.1 Å². The number of aromatic nitrogens is 6. The second kappa shape index (κ2) is 39.9. The minimum atomic E-state index is -6.81. The Bertz CT molecular complexity index is 4760. The molecule has 12 rings (SSSR count). The van der Waals surface area contributed by atoms with E-state index in [0.717, 1.165) is 193 Å². The van der Waals surface area contributed by atoms with Gasteiger partial charge in [0.05, 0.1) is 25.5 Å². The number of sulfonamides is 2. The third kappa shape index (κ3) is 22.6. The fourth-order valence-corrected chi connectivity index (χ4v) is 17.6. The summed E-state index contributed by atoms with van der Waals surface area (Å²) in [5.74, 6) is 0.289.